The standard InChI is InChI=1S/C16H21FN4O/c1-11(2)16-19-18-15(22-16)10-21-8-4-7-20(3)13-6-5-12(17)9-14(13)21/h5-6,9,11H,4,7-8,10H2,1-3H3. The molecule has 1 aliphatic heterocycles. The van der Waals surface area contributed by atoms with Crippen molar-refractivity contribution in [2.75, 3.05) is 29.9 Å². The summed E-state index contributed by atoms with van der Waals surface area (Å²) in [5, 5.41) is 8.18. The molecule has 1 aromatic carbocycles. The van der Waals surface area contributed by atoms with Gasteiger partial charge in [-0.25, -0.2) is 4.39 Å². The van der Waals surface area contributed by atoms with E-state index in [1.807, 2.05) is 27.0 Å². The fourth-order valence-corrected chi connectivity index (χ4v) is 2.70. The molecule has 6 heteroatoms. The highest BCUT2D eigenvalue weighted by Crippen LogP contribution is 2.33. The minimum atomic E-state index is -0.229. The van der Waals surface area contributed by atoms with Crippen LogP contribution in [0.25, 0.3) is 0 Å². The second kappa shape index (κ2) is 5.94. The van der Waals surface area contributed by atoms with Crippen molar-refractivity contribution < 1.29 is 8.81 Å². The first-order valence-electron chi connectivity index (χ1n) is 7.62. The number of nitrogens with zero attached hydrogens (tertiary/aromatic N) is 4. The van der Waals surface area contributed by atoms with Crippen LogP contribution in [0.5, 0.6) is 0 Å². The van der Waals surface area contributed by atoms with E-state index in [0.29, 0.717) is 18.3 Å². The third-order valence-corrected chi connectivity index (χ3v) is 3.91. The molecule has 0 radical (unpaired) electrons. The van der Waals surface area contributed by atoms with Crippen molar-refractivity contribution in [1.82, 2.24) is 10.2 Å². The Balaban J connectivity index is 1.89. The second-order valence-electron chi connectivity index (χ2n) is 6.02. The van der Waals surface area contributed by atoms with Gasteiger partial charge in [0.2, 0.25) is 11.8 Å². The molecule has 5 nitrogen and oxygen atoms in total. The van der Waals surface area contributed by atoms with Crippen LogP contribution in [0.1, 0.15) is 38.0 Å². The summed E-state index contributed by atoms with van der Waals surface area (Å²) in [5.41, 5.74) is 1.91. The Bertz CT molecular complexity index is 655. The zero-order chi connectivity index (χ0) is 15.7. The predicted octanol–water partition coefficient (Wildman–Crippen LogP) is 3.18. The van der Waals surface area contributed by atoms with Crippen molar-refractivity contribution >= 4 is 11.4 Å². The van der Waals surface area contributed by atoms with Gasteiger partial charge in [0.05, 0.1) is 17.9 Å². The summed E-state index contributed by atoms with van der Waals surface area (Å²) in [6.07, 6.45) is 0.998. The van der Waals surface area contributed by atoms with E-state index in [1.165, 1.54) is 6.07 Å². The van der Waals surface area contributed by atoms with Crippen molar-refractivity contribution in [1.29, 1.82) is 0 Å². The summed E-state index contributed by atoms with van der Waals surface area (Å²) in [6.45, 7) is 6.31. The molecule has 0 saturated carbocycles. The van der Waals surface area contributed by atoms with Crippen LogP contribution < -0.4 is 9.80 Å². The highest BCUT2D eigenvalue weighted by molar-refractivity contribution is 5.71. The highest BCUT2D eigenvalue weighted by Gasteiger charge is 2.21. The lowest BCUT2D eigenvalue weighted by Gasteiger charge is -2.24. The number of hydrogen-bond acceptors (Lipinski definition) is 5. The monoisotopic (exact) mass is 304 g/mol. The van der Waals surface area contributed by atoms with E-state index >= 15 is 0 Å². The largest absolute Gasteiger partial charge is 0.423 e. The van der Waals surface area contributed by atoms with Gasteiger partial charge in [-0.15, -0.1) is 10.2 Å². The molecule has 1 aliphatic rings. The number of aromatic nitrogens is 2. The Kier molecular flexibility index (Phi) is 4.00. The van der Waals surface area contributed by atoms with E-state index in [9.17, 15) is 4.39 Å². The summed E-state index contributed by atoms with van der Waals surface area (Å²) in [7, 11) is 2.03. The molecular weight excluding hydrogens is 283 g/mol. The maximum atomic E-state index is 13.7. The Hall–Kier alpha value is -2.11. The van der Waals surface area contributed by atoms with E-state index in [2.05, 4.69) is 20.0 Å². The van der Waals surface area contributed by atoms with Gasteiger partial charge >= 0.3 is 0 Å². The molecule has 0 saturated heterocycles. The maximum Gasteiger partial charge on any atom is 0.235 e. The molecule has 0 unspecified atom stereocenters. The van der Waals surface area contributed by atoms with Crippen molar-refractivity contribution in [3.8, 4) is 0 Å². The summed E-state index contributed by atoms with van der Waals surface area (Å²) in [4.78, 5) is 4.27. The van der Waals surface area contributed by atoms with Gasteiger partial charge in [0.25, 0.3) is 0 Å². The van der Waals surface area contributed by atoms with Crippen LogP contribution in [0.2, 0.25) is 0 Å². The van der Waals surface area contributed by atoms with E-state index in [-0.39, 0.29) is 11.7 Å². The average Bonchev–Trinajstić information content (AvgIpc) is 2.89. The van der Waals surface area contributed by atoms with Crippen molar-refractivity contribution in [2.45, 2.75) is 32.7 Å². The third kappa shape index (κ3) is 2.91. The maximum absolute atomic E-state index is 13.7. The molecule has 118 valence electrons. The minimum absolute atomic E-state index is 0.209. The molecule has 1 aromatic heterocycles. The highest BCUT2D eigenvalue weighted by atomic mass is 19.1. The van der Waals surface area contributed by atoms with Gasteiger partial charge < -0.3 is 14.2 Å². The summed E-state index contributed by atoms with van der Waals surface area (Å²) in [6, 6.07) is 4.91. The number of hydrogen-bond donors (Lipinski definition) is 0. The van der Waals surface area contributed by atoms with Crippen LogP contribution in [-0.2, 0) is 6.54 Å². The number of halogens is 1. The SMILES string of the molecule is CC(C)c1nnc(CN2CCCN(C)c3ccc(F)cc32)o1. The Morgan fingerprint density at radius 3 is 2.77 bits per heavy atom. The molecule has 0 aliphatic carbocycles. The molecule has 22 heavy (non-hydrogen) atoms. The summed E-state index contributed by atoms with van der Waals surface area (Å²) >= 11 is 0. The van der Waals surface area contributed by atoms with Crippen LogP contribution in [0.15, 0.2) is 22.6 Å². The number of rotatable bonds is 3. The lowest BCUT2D eigenvalue weighted by atomic mass is 10.2. The van der Waals surface area contributed by atoms with Crippen molar-refractivity contribution in [3.05, 3.63) is 35.8 Å². The van der Waals surface area contributed by atoms with Gasteiger partial charge in [-0.05, 0) is 24.6 Å². The summed E-state index contributed by atoms with van der Waals surface area (Å²) < 4.78 is 19.4. The molecule has 0 N–H and O–H groups in total. The van der Waals surface area contributed by atoms with Gasteiger partial charge in [-0.2, -0.15) is 0 Å². The number of anilines is 2. The molecule has 0 bridgehead atoms. The van der Waals surface area contributed by atoms with Gasteiger partial charge in [0.15, 0.2) is 0 Å². The first kappa shape index (κ1) is 14.8. The fourth-order valence-electron chi connectivity index (χ4n) is 2.70. The topological polar surface area (TPSA) is 45.4 Å². The van der Waals surface area contributed by atoms with Gasteiger partial charge in [0, 0.05) is 26.1 Å². The molecule has 0 atom stereocenters. The van der Waals surface area contributed by atoms with E-state index in [4.69, 9.17) is 4.42 Å². The lowest BCUT2D eigenvalue weighted by Crippen LogP contribution is -2.23. The Morgan fingerprint density at radius 1 is 1.23 bits per heavy atom. The van der Waals surface area contributed by atoms with Gasteiger partial charge in [0.1, 0.15) is 5.82 Å². The average molecular weight is 304 g/mol. The van der Waals surface area contributed by atoms with Crippen molar-refractivity contribution in [2.24, 2.45) is 0 Å². The molecule has 2 aromatic rings. The predicted molar refractivity (Wildman–Crippen MR) is 83.7 cm³/mol. The van der Waals surface area contributed by atoms with Crippen LogP contribution in [-0.4, -0.2) is 30.3 Å². The molecule has 3 rings (SSSR count). The molecular formula is C16H21FN4O. The van der Waals surface area contributed by atoms with Crippen LogP contribution in [0, 0.1) is 5.82 Å². The zero-order valence-corrected chi connectivity index (χ0v) is 13.2. The summed E-state index contributed by atoms with van der Waals surface area (Å²) in [5.74, 6) is 1.19. The molecule has 0 amide bonds. The normalized spacial score (nSPS) is 15.1. The van der Waals surface area contributed by atoms with Crippen LogP contribution in [0.4, 0.5) is 15.8 Å². The van der Waals surface area contributed by atoms with Gasteiger partial charge in [-0.1, -0.05) is 13.8 Å². The molecule has 2 heterocycles. The minimum Gasteiger partial charge on any atom is -0.423 e. The fraction of sp³-hybridized carbons (Fsp3) is 0.500. The van der Waals surface area contributed by atoms with Gasteiger partial charge in [-0.3, -0.25) is 0 Å². The van der Waals surface area contributed by atoms with Crippen LogP contribution in [0.3, 0.4) is 0 Å². The quantitative estimate of drug-likeness (QED) is 0.871. The molecule has 0 spiro atoms. The van der Waals surface area contributed by atoms with Crippen LogP contribution >= 0.6 is 0 Å². The first-order valence-corrected chi connectivity index (χ1v) is 7.62. The zero-order valence-electron chi connectivity index (χ0n) is 13.2. The lowest BCUT2D eigenvalue weighted by molar-refractivity contribution is 0.428. The van der Waals surface area contributed by atoms with Crippen molar-refractivity contribution in [3.63, 3.8) is 0 Å². The number of benzene rings is 1. The molecule has 0 fully saturated rings. The third-order valence-electron chi connectivity index (χ3n) is 3.91. The number of fused-ring (bicyclic) bond motifs is 1. The first-order chi connectivity index (χ1) is 10.5. The Morgan fingerprint density at radius 2 is 2.05 bits per heavy atom. The van der Waals surface area contributed by atoms with E-state index < -0.39 is 0 Å². The van der Waals surface area contributed by atoms with E-state index in [1.54, 1.807) is 6.07 Å². The smallest absolute Gasteiger partial charge is 0.235 e. The Labute approximate surface area is 129 Å². The second-order valence-corrected chi connectivity index (χ2v) is 6.02. The van der Waals surface area contributed by atoms with E-state index in [0.717, 1.165) is 30.9 Å².